The van der Waals surface area contributed by atoms with Crippen molar-refractivity contribution in [2.24, 2.45) is 5.92 Å². The second kappa shape index (κ2) is 5.69. The molecule has 5 heteroatoms. The smallest absolute Gasteiger partial charge is 0.329 e. The van der Waals surface area contributed by atoms with E-state index in [2.05, 4.69) is 0 Å². The molecule has 0 aliphatic carbocycles. The molecular formula is C17H12O4S. The first kappa shape index (κ1) is 14.4. The van der Waals surface area contributed by atoms with Gasteiger partial charge in [-0.3, -0.25) is 14.4 Å². The van der Waals surface area contributed by atoms with Crippen LogP contribution >= 0.6 is 11.3 Å². The zero-order valence-corrected chi connectivity index (χ0v) is 12.6. The van der Waals surface area contributed by atoms with E-state index in [1.54, 1.807) is 17.4 Å². The minimum atomic E-state index is -1.38. The van der Waals surface area contributed by atoms with Gasteiger partial charge < -0.3 is 4.74 Å². The second-order valence-corrected chi connectivity index (χ2v) is 5.85. The lowest BCUT2D eigenvalue weighted by Crippen LogP contribution is -2.34. The van der Waals surface area contributed by atoms with Crippen LogP contribution in [0.5, 0.6) is 0 Å². The molecule has 2 aromatic rings. The summed E-state index contributed by atoms with van der Waals surface area (Å²) in [6, 6.07) is 7.82. The highest BCUT2D eigenvalue weighted by molar-refractivity contribution is 7.17. The molecule has 1 atom stereocenters. The molecule has 0 saturated heterocycles. The maximum Gasteiger partial charge on any atom is 0.329 e. The highest BCUT2D eigenvalue weighted by Crippen LogP contribution is 2.27. The van der Waals surface area contributed by atoms with Gasteiger partial charge in [-0.25, -0.2) is 0 Å². The average Bonchev–Trinajstić information content (AvgIpc) is 2.87. The topological polar surface area (TPSA) is 60.4 Å². The van der Waals surface area contributed by atoms with Gasteiger partial charge in [-0.15, -0.1) is 11.3 Å². The van der Waals surface area contributed by atoms with E-state index in [-0.39, 0.29) is 5.76 Å². The number of cyclic esters (lactones) is 1. The largest absolute Gasteiger partial charge is 0.430 e. The molecule has 1 unspecified atom stereocenters. The minimum Gasteiger partial charge on any atom is -0.430 e. The number of rotatable bonds is 3. The Balaban J connectivity index is 1.85. The molecule has 0 N–H and O–H groups in total. The molecule has 0 spiro atoms. The molecule has 3 rings (SSSR count). The highest BCUT2D eigenvalue weighted by atomic mass is 32.1. The summed E-state index contributed by atoms with van der Waals surface area (Å²) in [5, 5.41) is 2.96. The van der Waals surface area contributed by atoms with Crippen LogP contribution in [0.25, 0.3) is 16.2 Å². The maximum atomic E-state index is 12.1. The zero-order chi connectivity index (χ0) is 15.7. The average molecular weight is 312 g/mol. The number of ketones is 2. The summed E-state index contributed by atoms with van der Waals surface area (Å²) in [5.41, 5.74) is 0.886. The molecule has 1 aromatic carbocycles. The van der Waals surface area contributed by atoms with Gasteiger partial charge in [0.25, 0.3) is 0 Å². The molecule has 0 amide bonds. The first-order chi connectivity index (χ1) is 10.6. The summed E-state index contributed by atoms with van der Waals surface area (Å²) in [6.45, 7) is 1.50. The Labute approximate surface area is 130 Å². The van der Waals surface area contributed by atoms with Crippen LogP contribution in [0.15, 0.2) is 47.6 Å². The molecule has 22 heavy (non-hydrogen) atoms. The third kappa shape index (κ3) is 2.63. The monoisotopic (exact) mass is 312 g/mol. The van der Waals surface area contributed by atoms with Crippen LogP contribution in [0.2, 0.25) is 0 Å². The summed E-state index contributed by atoms with van der Waals surface area (Å²) in [6.07, 6.45) is 4.08. The maximum absolute atomic E-state index is 12.1. The molecule has 2 heterocycles. The van der Waals surface area contributed by atoms with Gasteiger partial charge in [0.05, 0.1) is 0 Å². The highest BCUT2D eigenvalue weighted by Gasteiger charge is 2.36. The van der Waals surface area contributed by atoms with Crippen LogP contribution in [0.3, 0.4) is 0 Å². The molecule has 0 fully saturated rings. The number of benzene rings is 1. The van der Waals surface area contributed by atoms with Crippen molar-refractivity contribution in [1.82, 2.24) is 0 Å². The summed E-state index contributed by atoms with van der Waals surface area (Å²) in [7, 11) is 0. The second-order valence-electron chi connectivity index (χ2n) is 4.93. The van der Waals surface area contributed by atoms with E-state index in [4.69, 9.17) is 4.74 Å². The lowest BCUT2D eigenvalue weighted by atomic mass is 9.96. The summed E-state index contributed by atoms with van der Waals surface area (Å²) in [5.74, 6) is -3.07. The van der Waals surface area contributed by atoms with Gasteiger partial charge in [0.2, 0.25) is 0 Å². The number of hydrogen-bond acceptors (Lipinski definition) is 5. The summed E-state index contributed by atoms with van der Waals surface area (Å²) < 4.78 is 5.96. The summed E-state index contributed by atoms with van der Waals surface area (Å²) >= 11 is 1.57. The molecule has 1 aromatic heterocycles. The SMILES string of the molecule is CC1=CC(=O)C(C(=O)C=Cc2csc3ccccc23)C(=O)O1. The number of thiophene rings is 1. The lowest BCUT2D eigenvalue weighted by Gasteiger charge is -2.15. The van der Waals surface area contributed by atoms with Gasteiger partial charge in [-0.05, 0) is 41.5 Å². The normalized spacial score (nSPS) is 18.6. The molecular weight excluding hydrogens is 300 g/mol. The van der Waals surface area contributed by atoms with E-state index in [0.717, 1.165) is 15.6 Å². The first-order valence-electron chi connectivity index (χ1n) is 6.68. The minimum absolute atomic E-state index is 0.215. The van der Waals surface area contributed by atoms with Crippen LogP contribution in [-0.4, -0.2) is 17.5 Å². The molecule has 1 aliphatic heterocycles. The van der Waals surface area contributed by atoms with Crippen molar-refractivity contribution in [3.8, 4) is 0 Å². The van der Waals surface area contributed by atoms with Crippen molar-refractivity contribution in [1.29, 1.82) is 0 Å². The van der Waals surface area contributed by atoms with E-state index in [0.29, 0.717) is 0 Å². The van der Waals surface area contributed by atoms with Crippen molar-refractivity contribution in [2.45, 2.75) is 6.92 Å². The Hall–Kier alpha value is -2.53. The molecule has 0 radical (unpaired) electrons. The predicted molar refractivity (Wildman–Crippen MR) is 84.2 cm³/mol. The fraction of sp³-hybridized carbons (Fsp3) is 0.118. The summed E-state index contributed by atoms with van der Waals surface area (Å²) in [4.78, 5) is 35.6. The van der Waals surface area contributed by atoms with Gasteiger partial charge in [-0.2, -0.15) is 0 Å². The molecule has 0 saturated carbocycles. The van der Waals surface area contributed by atoms with Crippen molar-refractivity contribution in [3.63, 3.8) is 0 Å². The Morgan fingerprint density at radius 1 is 1.27 bits per heavy atom. The number of hydrogen-bond donors (Lipinski definition) is 0. The number of ether oxygens (including phenoxy) is 1. The van der Waals surface area contributed by atoms with Gasteiger partial charge in [-0.1, -0.05) is 18.2 Å². The van der Waals surface area contributed by atoms with E-state index in [1.807, 2.05) is 29.6 Å². The van der Waals surface area contributed by atoms with Crippen LogP contribution in [0.1, 0.15) is 12.5 Å². The third-order valence-corrected chi connectivity index (χ3v) is 4.33. The van der Waals surface area contributed by atoms with Crippen LogP contribution in [-0.2, 0) is 19.1 Å². The lowest BCUT2D eigenvalue weighted by molar-refractivity contribution is -0.151. The molecule has 1 aliphatic rings. The van der Waals surface area contributed by atoms with Gasteiger partial charge >= 0.3 is 5.97 Å². The zero-order valence-electron chi connectivity index (χ0n) is 11.7. The van der Waals surface area contributed by atoms with Crippen molar-refractivity contribution in [3.05, 3.63) is 53.1 Å². The van der Waals surface area contributed by atoms with E-state index in [9.17, 15) is 14.4 Å². The Morgan fingerprint density at radius 2 is 2.05 bits per heavy atom. The van der Waals surface area contributed by atoms with E-state index in [1.165, 1.54) is 19.1 Å². The number of esters is 1. The number of allylic oxidation sites excluding steroid dienone is 3. The van der Waals surface area contributed by atoms with Crippen molar-refractivity contribution in [2.75, 3.05) is 0 Å². The van der Waals surface area contributed by atoms with Crippen LogP contribution < -0.4 is 0 Å². The number of carbonyl (C=O) groups excluding carboxylic acids is 3. The quantitative estimate of drug-likeness (QED) is 0.496. The third-order valence-electron chi connectivity index (χ3n) is 3.35. The first-order valence-corrected chi connectivity index (χ1v) is 7.56. The van der Waals surface area contributed by atoms with E-state index < -0.39 is 23.5 Å². The van der Waals surface area contributed by atoms with Crippen molar-refractivity contribution < 1.29 is 19.1 Å². The molecule has 110 valence electrons. The van der Waals surface area contributed by atoms with E-state index >= 15 is 0 Å². The van der Waals surface area contributed by atoms with Gasteiger partial charge in [0, 0.05) is 10.8 Å². The Kier molecular flexibility index (Phi) is 3.73. The number of fused-ring (bicyclic) bond motifs is 1. The standard InChI is InChI=1S/C17H12O4S/c1-10-8-14(19)16(17(20)21-10)13(18)7-6-11-9-22-15-5-3-2-4-12(11)15/h2-9,16H,1H3. The Bertz CT molecular complexity index is 841. The van der Waals surface area contributed by atoms with Gasteiger partial charge in [0.15, 0.2) is 17.5 Å². The molecule has 4 nitrogen and oxygen atoms in total. The van der Waals surface area contributed by atoms with Crippen LogP contribution in [0.4, 0.5) is 0 Å². The number of carbonyl (C=O) groups is 3. The van der Waals surface area contributed by atoms with Crippen LogP contribution in [0, 0.1) is 5.92 Å². The fourth-order valence-electron chi connectivity index (χ4n) is 2.30. The van der Waals surface area contributed by atoms with Gasteiger partial charge in [0.1, 0.15) is 5.76 Å². The fourth-order valence-corrected chi connectivity index (χ4v) is 3.23. The van der Waals surface area contributed by atoms with Crippen molar-refractivity contribution >= 4 is 45.0 Å². The Morgan fingerprint density at radius 3 is 2.82 bits per heavy atom. The predicted octanol–water partition coefficient (Wildman–Crippen LogP) is 3.13. The molecule has 0 bridgehead atoms.